The molecule has 0 aliphatic rings. The molecule has 0 heterocycles. The van der Waals surface area contributed by atoms with Crippen LogP contribution in [0.3, 0.4) is 0 Å². The highest BCUT2D eigenvalue weighted by molar-refractivity contribution is 5.83. The molecule has 0 saturated heterocycles. The summed E-state index contributed by atoms with van der Waals surface area (Å²) in [7, 11) is 0. The zero-order chi connectivity index (χ0) is 12.6. The molecule has 0 aromatic heterocycles. The van der Waals surface area contributed by atoms with Crippen LogP contribution in [0, 0.1) is 0 Å². The minimum absolute atomic E-state index is 0.0702. The van der Waals surface area contributed by atoms with Gasteiger partial charge < -0.3 is 16.8 Å². The van der Waals surface area contributed by atoms with Gasteiger partial charge >= 0.3 is 0 Å². The third-order valence-electron chi connectivity index (χ3n) is 2.22. The Bertz CT molecular complexity index is 234. The second-order valence-electron chi connectivity index (χ2n) is 4.14. The van der Waals surface area contributed by atoms with E-state index in [1.165, 1.54) is 0 Å². The van der Waals surface area contributed by atoms with E-state index in [0.29, 0.717) is 19.0 Å². The van der Waals surface area contributed by atoms with Crippen molar-refractivity contribution in [1.29, 1.82) is 0 Å². The Labute approximate surface area is 97.7 Å². The first-order valence-corrected chi connectivity index (χ1v) is 5.81. The van der Waals surface area contributed by atoms with Crippen molar-refractivity contribution in [3.8, 4) is 0 Å². The number of nitrogens with one attached hydrogen (secondary N) is 1. The molecule has 0 aliphatic heterocycles. The Kier molecular flexibility index (Phi) is 7.54. The third-order valence-corrected chi connectivity index (χ3v) is 2.22. The van der Waals surface area contributed by atoms with Gasteiger partial charge in [0.2, 0.25) is 0 Å². The number of hydrogen-bond donors (Lipinski definition) is 3. The van der Waals surface area contributed by atoms with E-state index in [4.69, 9.17) is 11.5 Å². The first kappa shape index (κ1) is 14.9. The summed E-state index contributed by atoms with van der Waals surface area (Å²) < 4.78 is 0. The van der Waals surface area contributed by atoms with E-state index in [1.807, 2.05) is 20.8 Å². The molecule has 0 spiro atoms. The number of Topliss-reactive ketones (excluding diaryl/α,β-unsaturated/α-hetero) is 1. The zero-order valence-electron chi connectivity index (χ0n) is 10.5. The van der Waals surface area contributed by atoms with Gasteiger partial charge in [0.25, 0.3) is 0 Å². The van der Waals surface area contributed by atoms with Crippen LogP contribution in [0.15, 0.2) is 4.99 Å². The van der Waals surface area contributed by atoms with Crippen LogP contribution in [0.4, 0.5) is 0 Å². The van der Waals surface area contributed by atoms with E-state index in [-0.39, 0.29) is 17.8 Å². The van der Waals surface area contributed by atoms with Gasteiger partial charge in [0.15, 0.2) is 5.96 Å². The maximum Gasteiger partial charge on any atom is 0.185 e. The summed E-state index contributed by atoms with van der Waals surface area (Å²) in [4.78, 5) is 15.5. The van der Waals surface area contributed by atoms with E-state index in [1.54, 1.807) is 0 Å². The van der Waals surface area contributed by atoms with Gasteiger partial charge in [0.1, 0.15) is 5.78 Å². The molecule has 1 atom stereocenters. The molecule has 0 rings (SSSR count). The van der Waals surface area contributed by atoms with Gasteiger partial charge in [-0.25, -0.2) is 0 Å². The standard InChI is InChI=1S/C11H24N4O/c1-4-10(16)9(15-8(2)3)6-5-7-14-11(12)13/h8-9,15H,4-7H2,1-3H3,(H4,12,13,14). The number of hydrogen-bond acceptors (Lipinski definition) is 3. The Morgan fingerprint density at radius 3 is 2.44 bits per heavy atom. The maximum atomic E-state index is 11.6. The van der Waals surface area contributed by atoms with Crippen molar-refractivity contribution in [2.24, 2.45) is 16.5 Å². The Hall–Kier alpha value is -1.10. The fraction of sp³-hybridized carbons (Fsp3) is 0.818. The SMILES string of the molecule is CCC(=O)C(CCCN=C(N)N)NC(C)C. The molecule has 0 bridgehead atoms. The van der Waals surface area contributed by atoms with Crippen molar-refractivity contribution in [2.45, 2.75) is 52.1 Å². The van der Waals surface area contributed by atoms with Crippen molar-refractivity contribution in [3.63, 3.8) is 0 Å². The summed E-state index contributed by atoms with van der Waals surface area (Å²) in [5.74, 6) is 0.355. The van der Waals surface area contributed by atoms with Gasteiger partial charge in [-0.2, -0.15) is 0 Å². The predicted octanol–water partition coefficient (Wildman–Crippen LogP) is 0.386. The first-order valence-electron chi connectivity index (χ1n) is 5.81. The molecule has 0 amide bonds. The molecule has 16 heavy (non-hydrogen) atoms. The highest BCUT2D eigenvalue weighted by Gasteiger charge is 2.16. The number of nitrogens with two attached hydrogens (primary N) is 2. The molecule has 0 saturated carbocycles. The summed E-state index contributed by atoms with van der Waals surface area (Å²) in [6.45, 7) is 6.53. The van der Waals surface area contributed by atoms with E-state index in [0.717, 1.165) is 12.8 Å². The lowest BCUT2D eigenvalue weighted by molar-refractivity contribution is -0.121. The topological polar surface area (TPSA) is 93.5 Å². The molecule has 0 fully saturated rings. The van der Waals surface area contributed by atoms with Crippen molar-refractivity contribution < 1.29 is 4.79 Å². The van der Waals surface area contributed by atoms with E-state index in [2.05, 4.69) is 10.3 Å². The number of nitrogens with zero attached hydrogens (tertiary/aromatic N) is 1. The maximum absolute atomic E-state index is 11.6. The minimum atomic E-state index is -0.0702. The summed E-state index contributed by atoms with van der Waals surface area (Å²) in [5, 5.41) is 3.26. The number of carbonyl (C=O) groups is 1. The Morgan fingerprint density at radius 2 is 2.00 bits per heavy atom. The number of guanidine groups is 1. The number of aliphatic imine (C=N–C) groups is 1. The largest absolute Gasteiger partial charge is 0.370 e. The zero-order valence-corrected chi connectivity index (χ0v) is 10.5. The summed E-state index contributed by atoms with van der Waals surface area (Å²) in [6.07, 6.45) is 2.16. The second kappa shape index (κ2) is 8.10. The average Bonchev–Trinajstić information content (AvgIpc) is 2.20. The van der Waals surface area contributed by atoms with E-state index >= 15 is 0 Å². The van der Waals surface area contributed by atoms with Gasteiger partial charge in [-0.15, -0.1) is 0 Å². The predicted molar refractivity (Wildman–Crippen MR) is 67.3 cm³/mol. The molecule has 94 valence electrons. The monoisotopic (exact) mass is 228 g/mol. The van der Waals surface area contributed by atoms with Gasteiger partial charge in [0.05, 0.1) is 6.04 Å². The lowest BCUT2D eigenvalue weighted by Gasteiger charge is -2.19. The highest BCUT2D eigenvalue weighted by atomic mass is 16.1. The van der Waals surface area contributed by atoms with Crippen LogP contribution in [-0.4, -0.2) is 30.4 Å². The molecule has 5 heteroatoms. The van der Waals surface area contributed by atoms with Crippen LogP contribution in [0.5, 0.6) is 0 Å². The average molecular weight is 228 g/mol. The molecule has 1 unspecified atom stereocenters. The van der Waals surface area contributed by atoms with Crippen LogP contribution in [-0.2, 0) is 4.79 Å². The molecule has 0 aromatic carbocycles. The first-order chi connectivity index (χ1) is 7.47. The van der Waals surface area contributed by atoms with Crippen molar-refractivity contribution in [1.82, 2.24) is 5.32 Å². The fourth-order valence-corrected chi connectivity index (χ4v) is 1.49. The van der Waals surface area contributed by atoms with Gasteiger partial charge in [0, 0.05) is 19.0 Å². The fourth-order valence-electron chi connectivity index (χ4n) is 1.49. The molecule has 0 aliphatic carbocycles. The molecule has 0 aromatic rings. The smallest absolute Gasteiger partial charge is 0.185 e. The second-order valence-corrected chi connectivity index (χ2v) is 4.14. The Morgan fingerprint density at radius 1 is 1.38 bits per heavy atom. The molecular formula is C11H24N4O. The van der Waals surface area contributed by atoms with Gasteiger partial charge in [-0.3, -0.25) is 9.79 Å². The van der Waals surface area contributed by atoms with E-state index < -0.39 is 0 Å². The van der Waals surface area contributed by atoms with E-state index in [9.17, 15) is 4.79 Å². The Balaban J connectivity index is 4.02. The van der Waals surface area contributed by atoms with Crippen molar-refractivity contribution >= 4 is 11.7 Å². The highest BCUT2D eigenvalue weighted by Crippen LogP contribution is 2.03. The molecular weight excluding hydrogens is 204 g/mol. The summed E-state index contributed by atoms with van der Waals surface area (Å²) in [5.41, 5.74) is 10.4. The quantitative estimate of drug-likeness (QED) is 0.318. The summed E-state index contributed by atoms with van der Waals surface area (Å²) >= 11 is 0. The van der Waals surface area contributed by atoms with Crippen LogP contribution >= 0.6 is 0 Å². The lowest BCUT2D eigenvalue weighted by Crippen LogP contribution is -2.40. The van der Waals surface area contributed by atoms with Crippen LogP contribution in [0.2, 0.25) is 0 Å². The number of carbonyl (C=O) groups excluding carboxylic acids is 1. The molecule has 0 radical (unpaired) electrons. The number of ketones is 1. The van der Waals surface area contributed by atoms with Crippen LogP contribution in [0.25, 0.3) is 0 Å². The summed E-state index contributed by atoms with van der Waals surface area (Å²) in [6, 6.07) is 0.239. The van der Waals surface area contributed by atoms with Gasteiger partial charge in [-0.1, -0.05) is 20.8 Å². The third kappa shape index (κ3) is 7.23. The molecule has 5 nitrogen and oxygen atoms in total. The van der Waals surface area contributed by atoms with Crippen LogP contribution < -0.4 is 16.8 Å². The normalized spacial score (nSPS) is 12.5. The minimum Gasteiger partial charge on any atom is -0.370 e. The number of rotatable bonds is 8. The van der Waals surface area contributed by atoms with Crippen LogP contribution in [0.1, 0.15) is 40.0 Å². The van der Waals surface area contributed by atoms with Gasteiger partial charge in [-0.05, 0) is 12.8 Å². The lowest BCUT2D eigenvalue weighted by atomic mass is 10.0. The van der Waals surface area contributed by atoms with Crippen molar-refractivity contribution in [3.05, 3.63) is 0 Å². The molecule has 5 N–H and O–H groups in total. The van der Waals surface area contributed by atoms with Crippen molar-refractivity contribution in [2.75, 3.05) is 6.54 Å².